The molecule has 41 heavy (non-hydrogen) atoms. The number of aryl methyl sites for hydroxylation is 1. The average molecular weight is 590 g/mol. The van der Waals surface area contributed by atoms with E-state index in [9.17, 15) is 13.2 Å². The lowest BCUT2D eigenvalue weighted by Gasteiger charge is -2.19. The zero-order chi connectivity index (χ0) is 29.1. The quantitative estimate of drug-likeness (QED) is 0.239. The van der Waals surface area contributed by atoms with Crippen LogP contribution in [0.1, 0.15) is 11.1 Å². The molecule has 0 atom stereocenters. The normalized spacial score (nSPS) is 11.4. The van der Waals surface area contributed by atoms with Crippen molar-refractivity contribution in [3.8, 4) is 0 Å². The minimum Gasteiger partial charge on any atom is -0.327 e. The fraction of sp³-hybridized carbons (Fsp3) is 0.172. The number of rotatable bonds is 9. The van der Waals surface area contributed by atoms with E-state index in [0.717, 1.165) is 22.5 Å². The van der Waals surface area contributed by atoms with Crippen molar-refractivity contribution in [2.24, 2.45) is 7.05 Å². The first kappa shape index (κ1) is 28.1. The second-order valence-electron chi connectivity index (χ2n) is 9.68. The summed E-state index contributed by atoms with van der Waals surface area (Å²) in [6.07, 6.45) is 3.06. The number of imidazole rings is 1. The van der Waals surface area contributed by atoms with Crippen molar-refractivity contribution in [3.05, 3.63) is 95.1 Å². The van der Waals surface area contributed by atoms with E-state index in [1.807, 2.05) is 53.9 Å². The van der Waals surface area contributed by atoms with Gasteiger partial charge in [0.1, 0.15) is 11.3 Å². The third-order valence-electron chi connectivity index (χ3n) is 6.40. The summed E-state index contributed by atoms with van der Waals surface area (Å²) in [6, 6.07) is 21.8. The fourth-order valence-corrected chi connectivity index (χ4v) is 5.30. The first-order valence-electron chi connectivity index (χ1n) is 12.7. The van der Waals surface area contributed by atoms with Crippen molar-refractivity contribution >= 4 is 67.5 Å². The number of anilines is 5. The number of hydrogen-bond acceptors (Lipinski definition) is 8. The van der Waals surface area contributed by atoms with Crippen molar-refractivity contribution in [1.82, 2.24) is 19.5 Å². The van der Waals surface area contributed by atoms with E-state index in [0.29, 0.717) is 33.8 Å². The number of benzene rings is 3. The van der Waals surface area contributed by atoms with Crippen molar-refractivity contribution < 1.29 is 13.2 Å². The van der Waals surface area contributed by atoms with E-state index in [2.05, 4.69) is 20.6 Å². The maximum Gasteiger partial charge on any atom is 0.231 e. The van der Waals surface area contributed by atoms with Gasteiger partial charge in [0.05, 0.1) is 23.4 Å². The Labute approximate surface area is 243 Å². The Bertz CT molecular complexity index is 1820. The van der Waals surface area contributed by atoms with Gasteiger partial charge in [-0.05, 0) is 53.6 Å². The molecule has 210 valence electrons. The molecule has 3 aromatic carbocycles. The Morgan fingerprint density at radius 2 is 1.68 bits per heavy atom. The zero-order valence-electron chi connectivity index (χ0n) is 22.7. The maximum atomic E-state index is 12.7. The minimum atomic E-state index is -3.11. The first-order chi connectivity index (χ1) is 19.6. The standard InChI is InChI=1S/C29H28ClN7O3S/c1-36(25-15-16-31-28(33-25)32-22-13-9-20(10-14-22)18-41(3,39)40)23-5-4-6-24-27(23)35-29(37(24)2)34-26(38)17-19-7-11-21(30)12-8-19/h4-16H,17-18H2,1-3H3,(H,31,32,33)(H,34,35,38). The van der Waals surface area contributed by atoms with E-state index >= 15 is 0 Å². The lowest BCUT2D eigenvalue weighted by atomic mass is 10.1. The number of amides is 1. The third kappa shape index (κ3) is 6.82. The molecule has 2 aromatic heterocycles. The Balaban J connectivity index is 1.34. The predicted molar refractivity (Wildman–Crippen MR) is 163 cm³/mol. The number of sulfone groups is 1. The summed E-state index contributed by atoms with van der Waals surface area (Å²) in [5, 5.41) is 6.70. The Hall–Kier alpha value is -4.48. The first-order valence-corrected chi connectivity index (χ1v) is 15.1. The molecule has 0 fully saturated rings. The summed E-state index contributed by atoms with van der Waals surface area (Å²) >= 11 is 5.95. The molecule has 0 spiro atoms. The number of halogens is 1. The van der Waals surface area contributed by atoms with Crippen LogP contribution >= 0.6 is 11.6 Å². The smallest absolute Gasteiger partial charge is 0.231 e. The van der Waals surface area contributed by atoms with Gasteiger partial charge in [-0.1, -0.05) is 41.9 Å². The van der Waals surface area contributed by atoms with Crippen molar-refractivity contribution in [1.29, 1.82) is 0 Å². The highest BCUT2D eigenvalue weighted by molar-refractivity contribution is 7.89. The lowest BCUT2D eigenvalue weighted by Crippen LogP contribution is -2.17. The van der Waals surface area contributed by atoms with Crippen molar-refractivity contribution in [3.63, 3.8) is 0 Å². The summed E-state index contributed by atoms with van der Waals surface area (Å²) in [7, 11) is 0.626. The number of hydrogen-bond donors (Lipinski definition) is 2. The summed E-state index contributed by atoms with van der Waals surface area (Å²) in [6.45, 7) is 0. The third-order valence-corrected chi connectivity index (χ3v) is 7.51. The van der Waals surface area contributed by atoms with E-state index in [1.165, 1.54) is 6.26 Å². The van der Waals surface area contributed by atoms with Gasteiger partial charge in [-0.15, -0.1) is 0 Å². The molecule has 5 aromatic rings. The molecule has 0 bridgehead atoms. The largest absolute Gasteiger partial charge is 0.327 e. The number of nitrogens with one attached hydrogen (secondary N) is 2. The number of fused-ring (bicyclic) bond motifs is 1. The van der Waals surface area contributed by atoms with Gasteiger partial charge >= 0.3 is 0 Å². The van der Waals surface area contributed by atoms with Crippen LogP contribution in [0, 0.1) is 0 Å². The van der Waals surface area contributed by atoms with Crippen LogP contribution in [-0.2, 0) is 33.9 Å². The molecular formula is C29H28ClN7O3S. The highest BCUT2D eigenvalue weighted by Crippen LogP contribution is 2.31. The van der Waals surface area contributed by atoms with Crippen LogP contribution in [0.15, 0.2) is 79.0 Å². The van der Waals surface area contributed by atoms with E-state index in [1.54, 1.807) is 48.7 Å². The van der Waals surface area contributed by atoms with Gasteiger partial charge in [0.15, 0.2) is 9.84 Å². The lowest BCUT2D eigenvalue weighted by molar-refractivity contribution is -0.115. The van der Waals surface area contributed by atoms with Crippen LogP contribution < -0.4 is 15.5 Å². The van der Waals surface area contributed by atoms with Crippen LogP contribution in [0.4, 0.5) is 29.1 Å². The van der Waals surface area contributed by atoms with Gasteiger partial charge in [-0.3, -0.25) is 10.1 Å². The monoisotopic (exact) mass is 589 g/mol. The number of carbonyl (C=O) groups is 1. The number of nitrogens with zero attached hydrogens (tertiary/aromatic N) is 5. The van der Waals surface area contributed by atoms with Gasteiger partial charge < -0.3 is 14.8 Å². The molecule has 2 heterocycles. The van der Waals surface area contributed by atoms with E-state index in [4.69, 9.17) is 16.6 Å². The Morgan fingerprint density at radius 3 is 2.39 bits per heavy atom. The van der Waals surface area contributed by atoms with E-state index in [-0.39, 0.29) is 18.1 Å². The molecule has 0 saturated carbocycles. The van der Waals surface area contributed by atoms with Crippen LogP contribution in [0.3, 0.4) is 0 Å². The van der Waals surface area contributed by atoms with E-state index < -0.39 is 9.84 Å². The summed E-state index contributed by atoms with van der Waals surface area (Å²) in [5.74, 6) is 1.24. The van der Waals surface area contributed by atoms with Crippen LogP contribution in [0.25, 0.3) is 11.0 Å². The molecule has 2 N–H and O–H groups in total. The molecule has 0 aliphatic heterocycles. The highest BCUT2D eigenvalue weighted by atomic mass is 35.5. The molecule has 12 heteroatoms. The maximum absolute atomic E-state index is 12.7. The SMILES string of the molecule is CN(c1ccnc(Nc2ccc(CS(C)(=O)=O)cc2)n1)c1cccc2c1nc(NC(=O)Cc1ccc(Cl)cc1)n2C. The zero-order valence-corrected chi connectivity index (χ0v) is 24.2. The van der Waals surface area contributed by atoms with Crippen LogP contribution in [-0.4, -0.2) is 47.1 Å². The molecule has 0 saturated heterocycles. The van der Waals surface area contributed by atoms with Crippen molar-refractivity contribution in [2.75, 3.05) is 28.8 Å². The Kier molecular flexibility index (Phi) is 7.91. The summed E-state index contributed by atoms with van der Waals surface area (Å²) < 4.78 is 24.9. The van der Waals surface area contributed by atoms with Crippen molar-refractivity contribution in [2.45, 2.75) is 12.2 Å². The fourth-order valence-electron chi connectivity index (χ4n) is 4.37. The molecule has 0 aliphatic carbocycles. The number of para-hydroxylation sites is 1. The molecule has 0 aliphatic rings. The van der Waals surface area contributed by atoms with Crippen LogP contribution in [0.2, 0.25) is 5.02 Å². The Morgan fingerprint density at radius 1 is 0.976 bits per heavy atom. The van der Waals surface area contributed by atoms with Gasteiger partial charge in [0, 0.05) is 37.3 Å². The summed E-state index contributed by atoms with van der Waals surface area (Å²) in [5.41, 5.74) is 4.63. The van der Waals surface area contributed by atoms with Gasteiger partial charge in [0.25, 0.3) is 0 Å². The second kappa shape index (κ2) is 11.6. The summed E-state index contributed by atoms with van der Waals surface area (Å²) in [4.78, 5) is 28.4. The second-order valence-corrected chi connectivity index (χ2v) is 12.3. The number of carbonyl (C=O) groups excluding carboxylic acids is 1. The molecule has 10 nitrogen and oxygen atoms in total. The molecule has 5 rings (SSSR count). The minimum absolute atomic E-state index is 0.0170. The van der Waals surface area contributed by atoms with Gasteiger partial charge in [-0.25, -0.2) is 18.4 Å². The van der Waals surface area contributed by atoms with Gasteiger partial charge in [0.2, 0.25) is 17.8 Å². The predicted octanol–water partition coefficient (Wildman–Crippen LogP) is 5.25. The molecule has 0 unspecified atom stereocenters. The molecule has 1 amide bonds. The molecular weight excluding hydrogens is 562 g/mol. The average Bonchev–Trinajstić information content (AvgIpc) is 3.25. The van der Waals surface area contributed by atoms with Gasteiger partial charge in [-0.2, -0.15) is 4.98 Å². The number of aromatic nitrogens is 4. The highest BCUT2D eigenvalue weighted by Gasteiger charge is 2.17. The topological polar surface area (TPSA) is 122 Å². The van der Waals surface area contributed by atoms with Crippen LogP contribution in [0.5, 0.6) is 0 Å². The molecule has 0 radical (unpaired) electrons.